The van der Waals surface area contributed by atoms with Crippen LogP contribution in [-0.4, -0.2) is 56.6 Å². The van der Waals surface area contributed by atoms with E-state index in [1.54, 1.807) is 12.1 Å². The number of nitro groups is 1. The van der Waals surface area contributed by atoms with E-state index in [4.69, 9.17) is 17.3 Å². The Kier molecular flexibility index (Phi) is 6.46. The number of imide groups is 1. The lowest BCUT2D eigenvalue weighted by Crippen LogP contribution is -2.45. The summed E-state index contributed by atoms with van der Waals surface area (Å²) in [4.78, 5) is 46.0. The Bertz CT molecular complexity index is 831. The number of carboxylic acids is 1. The first-order valence-corrected chi connectivity index (χ1v) is 8.69. The monoisotopic (exact) mass is 409 g/mol. The van der Waals surface area contributed by atoms with E-state index >= 15 is 0 Å². The predicted molar refractivity (Wildman–Crippen MR) is 103 cm³/mol. The van der Waals surface area contributed by atoms with Gasteiger partial charge in [0.1, 0.15) is 17.8 Å². The predicted octanol–water partition coefficient (Wildman–Crippen LogP) is 1.06. The molecule has 0 aromatic heterocycles. The molecule has 1 aliphatic heterocycles. The second kappa shape index (κ2) is 8.61. The Labute approximate surface area is 165 Å². The van der Waals surface area contributed by atoms with Crippen LogP contribution in [0.15, 0.2) is 24.3 Å². The van der Waals surface area contributed by atoms with Crippen LogP contribution in [0.5, 0.6) is 0 Å². The van der Waals surface area contributed by atoms with Gasteiger partial charge in [-0.25, -0.2) is 4.79 Å². The lowest BCUT2D eigenvalue weighted by atomic mass is 9.96. The lowest BCUT2D eigenvalue weighted by molar-refractivity contribution is -0.383. The molecule has 1 heterocycles. The molecule has 1 saturated heterocycles. The molecule has 4 N–H and O–H groups in total. The van der Waals surface area contributed by atoms with Crippen LogP contribution in [0.2, 0.25) is 0 Å². The van der Waals surface area contributed by atoms with Crippen molar-refractivity contribution in [2.75, 3.05) is 18.4 Å². The van der Waals surface area contributed by atoms with Crippen LogP contribution < -0.4 is 16.0 Å². The van der Waals surface area contributed by atoms with E-state index in [9.17, 15) is 24.5 Å². The quantitative estimate of drug-likeness (QED) is 0.162. The third-order valence-corrected chi connectivity index (χ3v) is 4.37. The lowest BCUT2D eigenvalue weighted by Gasteiger charge is -2.21. The first-order valence-electron chi connectivity index (χ1n) is 8.28. The maximum absolute atomic E-state index is 12.3. The minimum atomic E-state index is -1.28. The van der Waals surface area contributed by atoms with Crippen molar-refractivity contribution in [3.63, 3.8) is 0 Å². The highest BCUT2D eigenvalue weighted by molar-refractivity contribution is 7.80. The van der Waals surface area contributed by atoms with Crippen molar-refractivity contribution in [3.8, 4) is 0 Å². The molecule has 1 aliphatic rings. The molecule has 11 nitrogen and oxygen atoms in total. The van der Waals surface area contributed by atoms with E-state index in [1.807, 2.05) is 0 Å². The molecule has 1 unspecified atom stereocenters. The Morgan fingerprint density at radius 1 is 1.39 bits per heavy atom. The molecule has 2 rings (SSSR count). The number of hydrogen-bond donors (Lipinski definition) is 4. The molecule has 1 aromatic carbocycles. The second-order valence-corrected chi connectivity index (χ2v) is 6.71. The number of nitrogens with one attached hydrogen (secondary N) is 3. The molecule has 150 valence electrons. The number of benzene rings is 1. The van der Waals surface area contributed by atoms with Crippen molar-refractivity contribution in [1.82, 2.24) is 15.5 Å². The zero-order valence-electron chi connectivity index (χ0n) is 14.9. The van der Waals surface area contributed by atoms with E-state index in [1.165, 1.54) is 19.1 Å². The number of carbonyl (C=O) groups is 3. The van der Waals surface area contributed by atoms with Gasteiger partial charge in [0.2, 0.25) is 0 Å². The fraction of sp³-hybridized carbons (Fsp3) is 0.375. The number of amides is 3. The van der Waals surface area contributed by atoms with Gasteiger partial charge in [-0.15, -0.1) is 0 Å². The summed E-state index contributed by atoms with van der Waals surface area (Å²) in [6.07, 6.45) is 0.691. The van der Waals surface area contributed by atoms with Crippen molar-refractivity contribution in [1.29, 1.82) is 0 Å². The normalized spacial score (nSPS) is 18.5. The summed E-state index contributed by atoms with van der Waals surface area (Å²) in [5.74, 6) is -1.87. The maximum atomic E-state index is 12.3. The van der Waals surface area contributed by atoms with Gasteiger partial charge in [0.15, 0.2) is 5.11 Å². The summed E-state index contributed by atoms with van der Waals surface area (Å²) in [7, 11) is 0. The standard InChI is InChI=1S/C16H19N5O6S/c1-16(13(24)20(9-12(22)23)15(25)19-16)7-4-8-17-14(28)18-10-5-2-3-6-11(10)21(26)27/h2-3,5-6H,4,7-9H2,1H3,(H,19,25)(H,22,23)(H2,17,18,28). The summed E-state index contributed by atoms with van der Waals surface area (Å²) in [6, 6.07) is 5.31. The molecule has 0 spiro atoms. The fourth-order valence-corrected chi connectivity index (χ4v) is 2.96. The minimum absolute atomic E-state index is 0.114. The third kappa shape index (κ3) is 4.91. The molecular weight excluding hydrogens is 390 g/mol. The molecule has 0 saturated carbocycles. The zero-order valence-corrected chi connectivity index (χ0v) is 15.7. The number of hydrogen-bond acceptors (Lipinski definition) is 6. The van der Waals surface area contributed by atoms with Crippen LogP contribution in [0.4, 0.5) is 16.2 Å². The second-order valence-electron chi connectivity index (χ2n) is 6.31. The first-order chi connectivity index (χ1) is 13.1. The van der Waals surface area contributed by atoms with Crippen molar-refractivity contribution in [3.05, 3.63) is 34.4 Å². The van der Waals surface area contributed by atoms with Crippen molar-refractivity contribution in [2.45, 2.75) is 25.3 Å². The maximum Gasteiger partial charge on any atom is 0.325 e. The molecule has 0 bridgehead atoms. The van der Waals surface area contributed by atoms with Crippen LogP contribution in [0.25, 0.3) is 0 Å². The van der Waals surface area contributed by atoms with E-state index in [2.05, 4.69) is 16.0 Å². The Hall–Kier alpha value is -3.28. The van der Waals surface area contributed by atoms with Gasteiger partial charge in [0, 0.05) is 12.6 Å². The minimum Gasteiger partial charge on any atom is -0.480 e. The first kappa shape index (κ1) is 21.0. The van der Waals surface area contributed by atoms with Gasteiger partial charge in [0.05, 0.1) is 4.92 Å². The number of anilines is 1. The summed E-state index contributed by atoms with van der Waals surface area (Å²) in [5, 5.41) is 28.1. The number of thiocarbonyl (C=S) groups is 1. The SMILES string of the molecule is CC1(CCCNC(=S)Nc2ccccc2[N+](=O)[O-])NC(=O)N(CC(=O)O)C1=O. The van der Waals surface area contributed by atoms with Crippen molar-refractivity contribution >= 4 is 46.6 Å². The molecule has 12 heteroatoms. The van der Waals surface area contributed by atoms with Crippen molar-refractivity contribution < 1.29 is 24.4 Å². The third-order valence-electron chi connectivity index (χ3n) is 4.13. The Morgan fingerprint density at radius 2 is 2.07 bits per heavy atom. The van der Waals surface area contributed by atoms with Crippen LogP contribution in [-0.2, 0) is 9.59 Å². The molecule has 28 heavy (non-hydrogen) atoms. The number of para-hydroxylation sites is 2. The van der Waals surface area contributed by atoms with Gasteiger partial charge < -0.3 is 21.1 Å². The highest BCUT2D eigenvalue weighted by Gasteiger charge is 2.47. The van der Waals surface area contributed by atoms with E-state index in [0.717, 1.165) is 0 Å². The average molecular weight is 409 g/mol. The van der Waals surface area contributed by atoms with E-state index < -0.39 is 34.9 Å². The van der Waals surface area contributed by atoms with Gasteiger partial charge in [-0.05, 0) is 38.0 Å². The molecule has 0 radical (unpaired) electrons. The van der Waals surface area contributed by atoms with E-state index in [-0.39, 0.29) is 22.9 Å². The summed E-state index contributed by atoms with van der Waals surface area (Å²) < 4.78 is 0. The summed E-state index contributed by atoms with van der Waals surface area (Å²) >= 11 is 5.11. The summed E-state index contributed by atoms with van der Waals surface area (Å²) in [6.45, 7) is 1.17. The number of carbonyl (C=O) groups excluding carboxylic acids is 2. The van der Waals surface area contributed by atoms with Crippen molar-refractivity contribution in [2.24, 2.45) is 0 Å². The number of rotatable bonds is 8. The molecule has 1 atom stereocenters. The van der Waals surface area contributed by atoms with Gasteiger partial charge >= 0.3 is 12.0 Å². The zero-order chi connectivity index (χ0) is 20.9. The number of carboxylic acid groups (broad SMARTS) is 1. The van der Waals surface area contributed by atoms with Gasteiger partial charge in [0.25, 0.3) is 11.6 Å². The van der Waals surface area contributed by atoms with Crippen LogP contribution >= 0.6 is 12.2 Å². The number of aliphatic carboxylic acids is 1. The topological polar surface area (TPSA) is 154 Å². The summed E-state index contributed by atoms with van der Waals surface area (Å²) in [5.41, 5.74) is -1.06. The van der Waals surface area contributed by atoms with Gasteiger partial charge in [-0.1, -0.05) is 12.1 Å². The number of urea groups is 1. The van der Waals surface area contributed by atoms with Crippen LogP contribution in [0.3, 0.4) is 0 Å². The fourth-order valence-electron chi connectivity index (χ4n) is 2.74. The smallest absolute Gasteiger partial charge is 0.325 e. The Balaban J connectivity index is 1.83. The number of nitro benzene ring substituents is 1. The Morgan fingerprint density at radius 3 is 2.71 bits per heavy atom. The molecule has 0 aliphatic carbocycles. The van der Waals surface area contributed by atoms with E-state index in [0.29, 0.717) is 17.9 Å². The average Bonchev–Trinajstić information content (AvgIpc) is 2.82. The number of nitrogens with zero attached hydrogens (tertiary/aromatic N) is 2. The highest BCUT2D eigenvalue weighted by Crippen LogP contribution is 2.24. The highest BCUT2D eigenvalue weighted by atomic mass is 32.1. The molecular formula is C16H19N5O6S. The van der Waals surface area contributed by atoms with Gasteiger partial charge in [-0.2, -0.15) is 0 Å². The van der Waals surface area contributed by atoms with Crippen LogP contribution in [0, 0.1) is 10.1 Å². The largest absolute Gasteiger partial charge is 0.480 e. The van der Waals surface area contributed by atoms with Crippen LogP contribution in [0.1, 0.15) is 19.8 Å². The molecule has 3 amide bonds. The molecule has 1 fully saturated rings. The molecule has 1 aromatic rings. The van der Waals surface area contributed by atoms with Gasteiger partial charge in [-0.3, -0.25) is 24.6 Å².